The Bertz CT molecular complexity index is 448. The van der Waals surface area contributed by atoms with Crippen LogP contribution in [0.3, 0.4) is 0 Å². The van der Waals surface area contributed by atoms with Crippen molar-refractivity contribution in [3.8, 4) is 0 Å². The molecule has 0 spiro atoms. The summed E-state index contributed by atoms with van der Waals surface area (Å²) in [5, 5.41) is 0. The molecule has 1 atom stereocenters. The third-order valence-electron chi connectivity index (χ3n) is 4.57. The summed E-state index contributed by atoms with van der Waals surface area (Å²) >= 11 is 0. The van der Waals surface area contributed by atoms with Gasteiger partial charge in [-0.25, -0.2) is 4.98 Å². The summed E-state index contributed by atoms with van der Waals surface area (Å²) < 4.78 is 0. The quantitative estimate of drug-likeness (QED) is 0.898. The molecule has 2 heterocycles. The molecule has 0 aliphatic carbocycles. The van der Waals surface area contributed by atoms with Gasteiger partial charge in [0.2, 0.25) is 0 Å². The monoisotopic (exact) mass is 275 g/mol. The van der Waals surface area contributed by atoms with Crippen molar-refractivity contribution in [1.82, 2.24) is 4.98 Å². The van der Waals surface area contributed by atoms with Crippen molar-refractivity contribution < 1.29 is 0 Å². The number of hydrogen-bond donors (Lipinski definition) is 1. The molecule has 0 saturated carbocycles. The second-order valence-corrected chi connectivity index (χ2v) is 7.12. The van der Waals surface area contributed by atoms with Crippen LogP contribution in [0.15, 0.2) is 12.1 Å². The number of anilines is 1. The molecule has 2 N–H and O–H groups in total. The van der Waals surface area contributed by atoms with Crippen molar-refractivity contribution in [2.75, 3.05) is 18.0 Å². The van der Waals surface area contributed by atoms with Crippen LogP contribution < -0.4 is 10.6 Å². The van der Waals surface area contributed by atoms with Gasteiger partial charge in [-0.2, -0.15) is 0 Å². The molecule has 1 aliphatic heterocycles. The van der Waals surface area contributed by atoms with Crippen molar-refractivity contribution >= 4 is 5.82 Å². The second kappa shape index (κ2) is 6.13. The summed E-state index contributed by atoms with van der Waals surface area (Å²) in [5.41, 5.74) is 8.53. The highest BCUT2D eigenvalue weighted by Crippen LogP contribution is 2.35. The molecule has 2 rings (SSSR count). The Hall–Kier alpha value is -1.09. The predicted octanol–water partition coefficient (Wildman–Crippen LogP) is 3.50. The van der Waals surface area contributed by atoms with E-state index in [0.717, 1.165) is 30.5 Å². The number of hydrogen-bond acceptors (Lipinski definition) is 3. The zero-order valence-corrected chi connectivity index (χ0v) is 13.4. The molecule has 3 heteroatoms. The van der Waals surface area contributed by atoms with Crippen molar-refractivity contribution in [3.63, 3.8) is 0 Å². The minimum atomic E-state index is 0.409. The molecule has 0 amide bonds. The van der Waals surface area contributed by atoms with E-state index in [1.165, 1.54) is 24.8 Å². The molecular formula is C17H29N3. The Morgan fingerprint density at radius 3 is 2.65 bits per heavy atom. The van der Waals surface area contributed by atoms with E-state index in [0.29, 0.717) is 12.0 Å². The van der Waals surface area contributed by atoms with E-state index in [1.54, 1.807) is 0 Å². The molecule has 0 aromatic carbocycles. The summed E-state index contributed by atoms with van der Waals surface area (Å²) in [6.45, 7) is 11.9. The number of nitrogens with zero attached hydrogens (tertiary/aromatic N) is 2. The highest BCUT2D eigenvalue weighted by Gasteiger charge is 2.27. The van der Waals surface area contributed by atoms with Crippen molar-refractivity contribution in [1.29, 1.82) is 0 Å². The summed E-state index contributed by atoms with van der Waals surface area (Å²) in [4.78, 5) is 7.19. The van der Waals surface area contributed by atoms with Gasteiger partial charge >= 0.3 is 0 Å². The van der Waals surface area contributed by atoms with Crippen LogP contribution >= 0.6 is 0 Å². The highest BCUT2D eigenvalue weighted by molar-refractivity contribution is 5.47. The third-order valence-corrected chi connectivity index (χ3v) is 4.57. The summed E-state index contributed by atoms with van der Waals surface area (Å²) in [7, 11) is 0. The molecule has 112 valence electrons. The van der Waals surface area contributed by atoms with Crippen LogP contribution in [0.2, 0.25) is 0 Å². The van der Waals surface area contributed by atoms with Gasteiger partial charge in [0.1, 0.15) is 5.82 Å². The first kappa shape index (κ1) is 15.3. The standard InChI is InChI=1S/C17H29N3/c1-13-7-8-14(12-18)16(19-13)20-10-5-6-15(9-11-20)17(2,3)4/h7-8,15H,5-6,9-12,18H2,1-4H3. The van der Waals surface area contributed by atoms with Crippen molar-refractivity contribution in [3.05, 3.63) is 23.4 Å². The van der Waals surface area contributed by atoms with E-state index in [-0.39, 0.29) is 0 Å². The molecule has 1 saturated heterocycles. The fourth-order valence-electron chi connectivity index (χ4n) is 3.18. The van der Waals surface area contributed by atoms with Gasteiger partial charge in [0.15, 0.2) is 0 Å². The zero-order chi connectivity index (χ0) is 14.8. The first-order chi connectivity index (χ1) is 9.41. The van der Waals surface area contributed by atoms with E-state index in [4.69, 9.17) is 10.7 Å². The van der Waals surface area contributed by atoms with Crippen LogP contribution in [0.5, 0.6) is 0 Å². The van der Waals surface area contributed by atoms with Crippen LogP contribution in [-0.4, -0.2) is 18.1 Å². The van der Waals surface area contributed by atoms with E-state index < -0.39 is 0 Å². The minimum Gasteiger partial charge on any atom is -0.356 e. The van der Waals surface area contributed by atoms with E-state index >= 15 is 0 Å². The van der Waals surface area contributed by atoms with Crippen LogP contribution in [0.4, 0.5) is 5.82 Å². The summed E-state index contributed by atoms with van der Waals surface area (Å²) in [6, 6.07) is 4.19. The van der Waals surface area contributed by atoms with Gasteiger partial charge in [0.25, 0.3) is 0 Å². The molecule has 0 radical (unpaired) electrons. The lowest BCUT2D eigenvalue weighted by Crippen LogP contribution is -2.28. The Morgan fingerprint density at radius 2 is 2.00 bits per heavy atom. The Kier molecular flexibility index (Phi) is 4.69. The normalized spacial score (nSPS) is 20.9. The van der Waals surface area contributed by atoms with Gasteiger partial charge in [-0.3, -0.25) is 0 Å². The summed E-state index contributed by atoms with van der Waals surface area (Å²) in [6.07, 6.45) is 3.83. The molecule has 1 unspecified atom stereocenters. The fourth-order valence-corrected chi connectivity index (χ4v) is 3.18. The van der Waals surface area contributed by atoms with E-state index in [1.807, 2.05) is 0 Å². The van der Waals surface area contributed by atoms with Gasteiger partial charge in [0.05, 0.1) is 0 Å². The van der Waals surface area contributed by atoms with Gasteiger partial charge in [-0.1, -0.05) is 26.8 Å². The van der Waals surface area contributed by atoms with Crippen LogP contribution in [-0.2, 0) is 6.54 Å². The predicted molar refractivity (Wildman–Crippen MR) is 85.9 cm³/mol. The number of nitrogens with two attached hydrogens (primary N) is 1. The van der Waals surface area contributed by atoms with Crippen molar-refractivity contribution in [2.45, 2.75) is 53.5 Å². The smallest absolute Gasteiger partial charge is 0.133 e. The topological polar surface area (TPSA) is 42.1 Å². The lowest BCUT2D eigenvalue weighted by molar-refractivity contribution is 0.220. The van der Waals surface area contributed by atoms with Crippen LogP contribution in [0.1, 0.15) is 51.3 Å². The SMILES string of the molecule is Cc1ccc(CN)c(N2CCCC(C(C)(C)C)CC2)n1. The van der Waals surface area contributed by atoms with Gasteiger partial charge < -0.3 is 10.6 Å². The second-order valence-electron chi connectivity index (χ2n) is 7.12. The maximum Gasteiger partial charge on any atom is 0.133 e. The molecule has 20 heavy (non-hydrogen) atoms. The van der Waals surface area contributed by atoms with Crippen molar-refractivity contribution in [2.24, 2.45) is 17.1 Å². The van der Waals surface area contributed by atoms with Gasteiger partial charge in [-0.05, 0) is 43.6 Å². The molecule has 0 bridgehead atoms. The minimum absolute atomic E-state index is 0.409. The van der Waals surface area contributed by atoms with E-state index in [2.05, 4.69) is 44.7 Å². The lowest BCUT2D eigenvalue weighted by Gasteiger charge is -2.30. The van der Waals surface area contributed by atoms with Gasteiger partial charge in [-0.15, -0.1) is 0 Å². The van der Waals surface area contributed by atoms with Crippen LogP contribution in [0.25, 0.3) is 0 Å². The molecule has 1 fully saturated rings. The Balaban J connectivity index is 2.16. The molecule has 1 aliphatic rings. The molecule has 3 nitrogen and oxygen atoms in total. The number of aromatic nitrogens is 1. The van der Waals surface area contributed by atoms with Crippen LogP contribution in [0, 0.1) is 18.3 Å². The largest absolute Gasteiger partial charge is 0.356 e. The third kappa shape index (κ3) is 3.51. The first-order valence-corrected chi connectivity index (χ1v) is 7.83. The molecule has 1 aromatic heterocycles. The number of rotatable bonds is 2. The molecular weight excluding hydrogens is 246 g/mol. The van der Waals surface area contributed by atoms with E-state index in [9.17, 15) is 0 Å². The average molecular weight is 275 g/mol. The average Bonchev–Trinajstić information content (AvgIpc) is 2.63. The summed E-state index contributed by atoms with van der Waals surface area (Å²) in [5.74, 6) is 1.92. The maximum absolute atomic E-state index is 5.88. The highest BCUT2D eigenvalue weighted by atomic mass is 15.2. The Morgan fingerprint density at radius 1 is 1.25 bits per heavy atom. The first-order valence-electron chi connectivity index (χ1n) is 7.83. The Labute approximate surface area is 123 Å². The fraction of sp³-hybridized carbons (Fsp3) is 0.706. The lowest BCUT2D eigenvalue weighted by atomic mass is 9.77. The number of aryl methyl sites for hydroxylation is 1. The maximum atomic E-state index is 5.88. The molecule has 1 aromatic rings. The van der Waals surface area contributed by atoms with Gasteiger partial charge in [0, 0.05) is 30.9 Å². The zero-order valence-electron chi connectivity index (χ0n) is 13.4. The number of pyridine rings is 1.